The van der Waals surface area contributed by atoms with E-state index < -0.39 is 11.9 Å². The van der Waals surface area contributed by atoms with Crippen molar-refractivity contribution in [1.82, 2.24) is 20.9 Å². The van der Waals surface area contributed by atoms with Crippen LogP contribution in [0.15, 0.2) is 39.8 Å². The van der Waals surface area contributed by atoms with E-state index in [0.717, 1.165) is 0 Å². The van der Waals surface area contributed by atoms with E-state index in [0.29, 0.717) is 17.4 Å². The highest BCUT2D eigenvalue weighted by Gasteiger charge is 2.27. The van der Waals surface area contributed by atoms with Crippen LogP contribution in [0.2, 0.25) is 0 Å². The van der Waals surface area contributed by atoms with Crippen molar-refractivity contribution in [3.63, 3.8) is 0 Å². The number of carbonyl (C=O) groups excluding carboxylic acids is 2. The number of nitrogens with zero attached hydrogens (tertiary/aromatic N) is 4. The number of aliphatic imine (C=N–C) groups is 1. The number of rotatable bonds is 4. The summed E-state index contributed by atoms with van der Waals surface area (Å²) in [5, 5.41) is 7.68. The zero-order valence-electron chi connectivity index (χ0n) is 13.2. The van der Waals surface area contributed by atoms with Crippen molar-refractivity contribution < 1.29 is 14.1 Å². The number of aromatic nitrogens is 2. The Hall–Kier alpha value is -3.23. The number of hydrazine groups is 1. The van der Waals surface area contributed by atoms with E-state index in [-0.39, 0.29) is 18.3 Å². The topological polar surface area (TPSA) is 113 Å². The molecule has 9 nitrogen and oxygen atoms in total. The van der Waals surface area contributed by atoms with Crippen molar-refractivity contribution in [3.8, 4) is 0 Å². The minimum atomic E-state index is -0.481. The van der Waals surface area contributed by atoms with Crippen LogP contribution in [-0.2, 0) is 9.59 Å². The molecule has 124 valence electrons. The summed E-state index contributed by atoms with van der Waals surface area (Å²) in [5.41, 5.74) is 3.36. The van der Waals surface area contributed by atoms with E-state index in [1.54, 1.807) is 38.1 Å². The molecule has 0 spiro atoms. The van der Waals surface area contributed by atoms with Crippen LogP contribution in [-0.4, -0.2) is 34.3 Å². The fraction of sp³-hybridized carbons (Fsp3) is 0.267. The lowest BCUT2D eigenvalue weighted by Gasteiger charge is -2.27. The summed E-state index contributed by atoms with van der Waals surface area (Å²) in [6.07, 6.45) is 0. The third-order valence-electron chi connectivity index (χ3n) is 3.33. The van der Waals surface area contributed by atoms with Crippen LogP contribution in [0.25, 0.3) is 0 Å². The Labute approximate surface area is 137 Å². The average Bonchev–Trinajstić information content (AvgIpc) is 3.02. The molecule has 1 aliphatic heterocycles. The zero-order chi connectivity index (χ0) is 17.1. The number of carbonyl (C=O) groups is 2. The Morgan fingerprint density at radius 3 is 2.79 bits per heavy atom. The fourth-order valence-electron chi connectivity index (χ4n) is 2.14. The van der Waals surface area contributed by atoms with E-state index in [1.165, 1.54) is 5.01 Å². The van der Waals surface area contributed by atoms with Crippen molar-refractivity contribution in [1.29, 1.82) is 0 Å². The van der Waals surface area contributed by atoms with Gasteiger partial charge in [-0.15, -0.1) is 0 Å². The summed E-state index contributed by atoms with van der Waals surface area (Å²) in [7, 11) is 0. The monoisotopic (exact) mass is 328 g/mol. The largest absolute Gasteiger partial charge is 0.338 e. The molecule has 1 aliphatic rings. The lowest BCUT2D eigenvalue weighted by atomic mass is 10.3. The van der Waals surface area contributed by atoms with Gasteiger partial charge in [0.15, 0.2) is 5.82 Å². The number of nitrogens with one attached hydrogen (secondary N) is 2. The first kappa shape index (κ1) is 15.7. The number of aryl methyl sites for hydroxylation is 1. The van der Waals surface area contributed by atoms with Crippen molar-refractivity contribution in [2.45, 2.75) is 19.9 Å². The van der Waals surface area contributed by atoms with Crippen LogP contribution in [0.5, 0.6) is 0 Å². The van der Waals surface area contributed by atoms with Gasteiger partial charge in [0.05, 0.1) is 5.69 Å². The first-order valence-electron chi connectivity index (χ1n) is 7.35. The summed E-state index contributed by atoms with van der Waals surface area (Å²) in [5.74, 6) is 0.111. The molecular formula is C15H16N6O3. The van der Waals surface area contributed by atoms with Crippen molar-refractivity contribution in [3.05, 3.63) is 42.0 Å². The molecule has 0 radical (unpaired) electrons. The third kappa shape index (κ3) is 3.24. The second kappa shape index (κ2) is 6.49. The molecule has 0 fully saturated rings. The van der Waals surface area contributed by atoms with Crippen LogP contribution in [0.1, 0.15) is 24.7 Å². The molecule has 24 heavy (non-hydrogen) atoms. The Bertz CT molecular complexity index is 786. The lowest BCUT2D eigenvalue weighted by Crippen LogP contribution is -2.56. The zero-order valence-corrected chi connectivity index (χ0v) is 13.2. The quantitative estimate of drug-likeness (QED) is 0.845. The molecule has 9 heteroatoms. The van der Waals surface area contributed by atoms with E-state index in [4.69, 9.17) is 4.52 Å². The standard InChI is InChI=1S/C15H16N6O3/c1-9(15-18-10(2)20-24-15)17-14(23)13-16-8-12(22)21(19-13)11-6-4-3-5-7-11/h3-7,9H,8H2,1-2H3,(H,16,19)(H,17,23). The number of amides is 2. The molecule has 0 saturated heterocycles. The van der Waals surface area contributed by atoms with Crippen LogP contribution < -0.4 is 15.8 Å². The molecule has 1 aromatic carbocycles. The maximum absolute atomic E-state index is 12.3. The van der Waals surface area contributed by atoms with E-state index in [1.807, 2.05) is 6.07 Å². The normalized spacial score (nSPS) is 15.5. The van der Waals surface area contributed by atoms with E-state index >= 15 is 0 Å². The predicted molar refractivity (Wildman–Crippen MR) is 85.0 cm³/mol. The molecule has 3 rings (SSSR count). The first-order valence-corrected chi connectivity index (χ1v) is 7.35. The first-order chi connectivity index (χ1) is 11.5. The third-order valence-corrected chi connectivity index (χ3v) is 3.33. The van der Waals surface area contributed by atoms with Gasteiger partial charge in [-0.05, 0) is 26.0 Å². The second-order valence-corrected chi connectivity index (χ2v) is 5.22. The van der Waals surface area contributed by atoms with Gasteiger partial charge in [-0.25, -0.2) is 5.01 Å². The summed E-state index contributed by atoms with van der Waals surface area (Å²) >= 11 is 0. The lowest BCUT2D eigenvalue weighted by molar-refractivity contribution is -0.118. The number of amidine groups is 1. The fourth-order valence-corrected chi connectivity index (χ4v) is 2.14. The highest BCUT2D eigenvalue weighted by molar-refractivity contribution is 6.39. The molecule has 1 unspecified atom stereocenters. The Morgan fingerprint density at radius 2 is 2.12 bits per heavy atom. The summed E-state index contributed by atoms with van der Waals surface area (Å²) in [4.78, 5) is 32.4. The molecule has 0 saturated carbocycles. The number of hydrogen-bond donors (Lipinski definition) is 2. The maximum Gasteiger partial charge on any atom is 0.288 e. The number of para-hydroxylation sites is 1. The van der Waals surface area contributed by atoms with Crippen LogP contribution in [0, 0.1) is 6.92 Å². The molecule has 2 N–H and O–H groups in total. The van der Waals surface area contributed by atoms with Crippen LogP contribution in [0.4, 0.5) is 5.69 Å². The summed E-state index contributed by atoms with van der Waals surface area (Å²) < 4.78 is 5.02. The van der Waals surface area contributed by atoms with Gasteiger partial charge in [-0.3, -0.25) is 20.0 Å². The molecule has 2 heterocycles. The second-order valence-electron chi connectivity index (χ2n) is 5.22. The van der Waals surface area contributed by atoms with Gasteiger partial charge in [-0.2, -0.15) is 4.98 Å². The highest BCUT2D eigenvalue weighted by atomic mass is 16.5. The van der Waals surface area contributed by atoms with Gasteiger partial charge in [0, 0.05) is 0 Å². The van der Waals surface area contributed by atoms with Gasteiger partial charge in [0.2, 0.25) is 11.7 Å². The minimum absolute atomic E-state index is 0.0431. The average molecular weight is 328 g/mol. The molecule has 1 atom stereocenters. The smallest absolute Gasteiger partial charge is 0.288 e. The van der Waals surface area contributed by atoms with E-state index in [2.05, 4.69) is 25.9 Å². The summed E-state index contributed by atoms with van der Waals surface area (Å²) in [6, 6.07) is 8.48. The van der Waals surface area contributed by atoms with Crippen molar-refractivity contribution >= 4 is 23.3 Å². The molecular weight excluding hydrogens is 312 g/mol. The van der Waals surface area contributed by atoms with Crippen LogP contribution in [0.3, 0.4) is 0 Å². The van der Waals surface area contributed by atoms with E-state index in [9.17, 15) is 9.59 Å². The van der Waals surface area contributed by atoms with Crippen molar-refractivity contribution in [2.24, 2.45) is 4.99 Å². The van der Waals surface area contributed by atoms with Gasteiger partial charge < -0.3 is 9.84 Å². The molecule has 0 aliphatic carbocycles. The summed E-state index contributed by atoms with van der Waals surface area (Å²) in [6.45, 7) is 3.30. The highest BCUT2D eigenvalue weighted by Crippen LogP contribution is 2.14. The Balaban J connectivity index is 1.70. The van der Waals surface area contributed by atoms with Gasteiger partial charge >= 0.3 is 0 Å². The predicted octanol–water partition coefficient (Wildman–Crippen LogP) is 0.505. The Kier molecular flexibility index (Phi) is 4.23. The molecule has 0 bridgehead atoms. The minimum Gasteiger partial charge on any atom is -0.338 e. The van der Waals surface area contributed by atoms with Crippen molar-refractivity contribution in [2.75, 3.05) is 11.6 Å². The number of anilines is 1. The van der Waals surface area contributed by atoms with Gasteiger partial charge in [0.25, 0.3) is 11.8 Å². The maximum atomic E-state index is 12.3. The molecule has 2 amide bonds. The molecule has 2 aromatic rings. The van der Waals surface area contributed by atoms with Crippen LogP contribution >= 0.6 is 0 Å². The SMILES string of the molecule is Cc1noc(C(C)NC(=O)C2=NCC(=O)N(c3ccccc3)N2)n1. The number of hydrogen-bond acceptors (Lipinski definition) is 7. The number of benzene rings is 1. The van der Waals surface area contributed by atoms with Gasteiger partial charge in [-0.1, -0.05) is 23.4 Å². The van der Waals surface area contributed by atoms with Gasteiger partial charge in [0.1, 0.15) is 12.6 Å². The Morgan fingerprint density at radius 1 is 1.38 bits per heavy atom. The molecule has 1 aromatic heterocycles.